The van der Waals surface area contributed by atoms with Gasteiger partial charge in [-0.1, -0.05) is 20.8 Å². The third kappa shape index (κ3) is 3.90. The van der Waals surface area contributed by atoms with Crippen LogP contribution in [0.1, 0.15) is 47.3 Å². The first-order valence-corrected chi connectivity index (χ1v) is 7.54. The molecule has 0 spiro atoms. The number of benzene rings is 1. The molecule has 1 amide bonds. The van der Waals surface area contributed by atoms with Gasteiger partial charge < -0.3 is 19.9 Å². The number of carboxylic acid groups (broad SMARTS) is 1. The van der Waals surface area contributed by atoms with Crippen LogP contribution >= 0.6 is 0 Å². The van der Waals surface area contributed by atoms with Gasteiger partial charge in [0.25, 0.3) is 5.91 Å². The van der Waals surface area contributed by atoms with Crippen molar-refractivity contribution in [2.75, 3.05) is 19.5 Å². The molecule has 0 fully saturated rings. The summed E-state index contributed by atoms with van der Waals surface area (Å²) >= 11 is 0. The number of ether oxygens (including phenoxy) is 2. The molecular formula is C17H21N3O5. The second-order valence-electron chi connectivity index (χ2n) is 6.44. The van der Waals surface area contributed by atoms with Crippen molar-refractivity contribution in [2.45, 2.75) is 26.2 Å². The standard InChI is InChI=1S/C17H21N3O5/c1-17(2,3)13-8-11(19-20-13)15(21)18-10-6-9(16(22)23)7-12(24-4)14(10)25-5/h6-8H,1-5H3,(H,18,21)(H,19,20)(H,22,23). The fourth-order valence-electron chi connectivity index (χ4n) is 2.19. The van der Waals surface area contributed by atoms with Crippen molar-refractivity contribution in [2.24, 2.45) is 0 Å². The number of amides is 1. The maximum absolute atomic E-state index is 12.5. The second kappa shape index (κ2) is 6.84. The Balaban J connectivity index is 2.38. The molecule has 8 nitrogen and oxygen atoms in total. The summed E-state index contributed by atoms with van der Waals surface area (Å²) in [6, 6.07) is 4.28. The first kappa shape index (κ1) is 18.3. The fourth-order valence-corrected chi connectivity index (χ4v) is 2.19. The number of nitrogens with zero attached hydrogens (tertiary/aromatic N) is 1. The van der Waals surface area contributed by atoms with E-state index in [1.54, 1.807) is 6.07 Å². The van der Waals surface area contributed by atoms with Crippen molar-refractivity contribution in [1.29, 1.82) is 0 Å². The van der Waals surface area contributed by atoms with E-state index >= 15 is 0 Å². The van der Waals surface area contributed by atoms with Gasteiger partial charge in [-0.05, 0) is 18.2 Å². The molecule has 0 aliphatic heterocycles. The van der Waals surface area contributed by atoms with E-state index in [2.05, 4.69) is 15.5 Å². The first-order chi connectivity index (χ1) is 11.7. The van der Waals surface area contributed by atoms with E-state index in [1.807, 2.05) is 20.8 Å². The molecule has 1 heterocycles. The number of rotatable bonds is 5. The van der Waals surface area contributed by atoms with Crippen molar-refractivity contribution in [3.05, 3.63) is 35.2 Å². The van der Waals surface area contributed by atoms with E-state index in [9.17, 15) is 14.7 Å². The van der Waals surface area contributed by atoms with Gasteiger partial charge in [0.05, 0.1) is 25.5 Å². The second-order valence-corrected chi connectivity index (χ2v) is 6.44. The predicted molar refractivity (Wildman–Crippen MR) is 91.7 cm³/mol. The summed E-state index contributed by atoms with van der Waals surface area (Å²) in [4.78, 5) is 23.7. The topological polar surface area (TPSA) is 114 Å². The number of aromatic nitrogens is 2. The molecule has 2 rings (SSSR count). The number of carbonyl (C=O) groups is 2. The van der Waals surface area contributed by atoms with Gasteiger partial charge in [-0.3, -0.25) is 9.89 Å². The number of carbonyl (C=O) groups excluding carboxylic acids is 1. The highest BCUT2D eigenvalue weighted by Gasteiger charge is 2.22. The summed E-state index contributed by atoms with van der Waals surface area (Å²) in [6.07, 6.45) is 0. The average Bonchev–Trinajstić information content (AvgIpc) is 3.04. The van der Waals surface area contributed by atoms with Crippen LogP contribution < -0.4 is 14.8 Å². The quantitative estimate of drug-likeness (QED) is 0.766. The van der Waals surface area contributed by atoms with E-state index in [-0.39, 0.29) is 33.9 Å². The smallest absolute Gasteiger partial charge is 0.335 e. The van der Waals surface area contributed by atoms with E-state index in [4.69, 9.17) is 9.47 Å². The van der Waals surface area contributed by atoms with Crippen molar-refractivity contribution in [3.8, 4) is 11.5 Å². The van der Waals surface area contributed by atoms with Crippen molar-refractivity contribution < 1.29 is 24.2 Å². The van der Waals surface area contributed by atoms with Crippen molar-refractivity contribution >= 4 is 17.6 Å². The number of nitrogens with one attached hydrogen (secondary N) is 2. The number of hydrogen-bond acceptors (Lipinski definition) is 5. The Morgan fingerprint density at radius 3 is 2.32 bits per heavy atom. The normalized spacial score (nSPS) is 11.1. The van der Waals surface area contributed by atoms with Gasteiger partial charge in [-0.2, -0.15) is 5.10 Å². The number of aromatic carboxylic acids is 1. The minimum atomic E-state index is -1.15. The van der Waals surface area contributed by atoms with E-state index in [1.165, 1.54) is 26.4 Å². The number of carboxylic acids is 1. The van der Waals surface area contributed by atoms with Crippen molar-refractivity contribution in [3.63, 3.8) is 0 Å². The van der Waals surface area contributed by atoms with Crippen LogP contribution in [0, 0.1) is 0 Å². The molecular weight excluding hydrogens is 326 g/mol. The summed E-state index contributed by atoms with van der Waals surface area (Å²) in [7, 11) is 2.79. The highest BCUT2D eigenvalue weighted by Crippen LogP contribution is 2.37. The molecule has 1 aromatic carbocycles. The highest BCUT2D eigenvalue weighted by molar-refractivity contribution is 6.05. The summed E-state index contributed by atoms with van der Waals surface area (Å²) in [5.74, 6) is -1.21. The monoisotopic (exact) mass is 347 g/mol. The molecule has 0 saturated carbocycles. The number of methoxy groups -OCH3 is 2. The molecule has 0 aliphatic rings. The van der Waals surface area contributed by atoms with Crippen LogP contribution in [0.3, 0.4) is 0 Å². The molecule has 8 heteroatoms. The highest BCUT2D eigenvalue weighted by atomic mass is 16.5. The number of anilines is 1. The number of aromatic amines is 1. The van der Waals surface area contributed by atoms with Crippen LogP contribution in [0.15, 0.2) is 18.2 Å². The number of H-pyrrole nitrogens is 1. The molecule has 0 bridgehead atoms. The molecule has 25 heavy (non-hydrogen) atoms. The number of hydrogen-bond donors (Lipinski definition) is 3. The lowest BCUT2D eigenvalue weighted by molar-refractivity contribution is 0.0696. The zero-order chi connectivity index (χ0) is 18.8. The SMILES string of the molecule is COc1cc(C(=O)O)cc(NC(=O)c2cc(C(C)(C)C)[nH]n2)c1OC. The fraction of sp³-hybridized carbons (Fsp3) is 0.353. The lowest BCUT2D eigenvalue weighted by Crippen LogP contribution is -2.14. The van der Waals surface area contributed by atoms with Gasteiger partial charge in [-0.15, -0.1) is 0 Å². The van der Waals surface area contributed by atoms with Crippen molar-refractivity contribution in [1.82, 2.24) is 10.2 Å². The molecule has 3 N–H and O–H groups in total. The average molecular weight is 347 g/mol. The third-order valence-electron chi connectivity index (χ3n) is 3.59. The molecule has 1 aromatic heterocycles. The summed E-state index contributed by atoms with van der Waals surface area (Å²) < 4.78 is 10.4. The summed E-state index contributed by atoms with van der Waals surface area (Å²) in [5.41, 5.74) is 0.957. The van der Waals surface area contributed by atoms with E-state index in [0.29, 0.717) is 0 Å². The molecule has 0 unspecified atom stereocenters. The van der Waals surface area contributed by atoms with Crippen LogP contribution in [0.4, 0.5) is 5.69 Å². The van der Waals surface area contributed by atoms with Crippen LogP contribution in [0.5, 0.6) is 11.5 Å². The van der Waals surface area contributed by atoms with E-state index in [0.717, 1.165) is 5.69 Å². The van der Waals surface area contributed by atoms with E-state index < -0.39 is 11.9 Å². The Bertz CT molecular complexity index is 805. The van der Waals surface area contributed by atoms with Gasteiger partial charge in [-0.25, -0.2) is 4.79 Å². The lowest BCUT2D eigenvalue weighted by Gasteiger charge is -2.15. The zero-order valence-corrected chi connectivity index (χ0v) is 14.8. The van der Waals surface area contributed by atoms with Crippen LogP contribution in [-0.4, -0.2) is 41.4 Å². The summed E-state index contributed by atoms with van der Waals surface area (Å²) in [5, 5.41) is 18.7. The molecule has 0 aliphatic carbocycles. The minimum Gasteiger partial charge on any atom is -0.493 e. The molecule has 0 radical (unpaired) electrons. The third-order valence-corrected chi connectivity index (χ3v) is 3.59. The zero-order valence-electron chi connectivity index (χ0n) is 14.8. The predicted octanol–water partition coefficient (Wildman–Crippen LogP) is 2.67. The Morgan fingerprint density at radius 2 is 1.84 bits per heavy atom. The maximum atomic E-state index is 12.5. The summed E-state index contributed by atoms with van der Waals surface area (Å²) in [6.45, 7) is 5.98. The minimum absolute atomic E-state index is 0.0367. The van der Waals surface area contributed by atoms with Gasteiger partial charge in [0, 0.05) is 11.1 Å². The van der Waals surface area contributed by atoms with Gasteiger partial charge in [0.2, 0.25) is 0 Å². The largest absolute Gasteiger partial charge is 0.493 e. The lowest BCUT2D eigenvalue weighted by atomic mass is 9.92. The van der Waals surface area contributed by atoms with Gasteiger partial charge in [0.15, 0.2) is 17.2 Å². The molecule has 0 saturated heterocycles. The van der Waals surface area contributed by atoms with Gasteiger partial charge >= 0.3 is 5.97 Å². The Morgan fingerprint density at radius 1 is 1.16 bits per heavy atom. The molecule has 2 aromatic rings. The Kier molecular flexibility index (Phi) is 5.01. The Labute approximate surface area is 145 Å². The maximum Gasteiger partial charge on any atom is 0.335 e. The van der Waals surface area contributed by atoms with Gasteiger partial charge in [0.1, 0.15) is 0 Å². The molecule has 134 valence electrons. The molecule has 0 atom stereocenters. The van der Waals surface area contributed by atoms with Crippen LogP contribution in [-0.2, 0) is 5.41 Å². The Hall–Kier alpha value is -3.03. The first-order valence-electron chi connectivity index (χ1n) is 7.54. The van der Waals surface area contributed by atoms with Crippen LogP contribution in [0.2, 0.25) is 0 Å². The van der Waals surface area contributed by atoms with Crippen LogP contribution in [0.25, 0.3) is 0 Å².